The van der Waals surface area contributed by atoms with Crippen molar-refractivity contribution in [2.45, 2.75) is 39.0 Å². The first-order valence-corrected chi connectivity index (χ1v) is 7.04. The maximum absolute atomic E-state index is 5.87. The Hall–Kier alpha value is -0.760. The van der Waals surface area contributed by atoms with E-state index in [-0.39, 0.29) is 0 Å². The molecule has 0 saturated carbocycles. The average Bonchev–Trinajstić information content (AvgIpc) is 2.56. The van der Waals surface area contributed by atoms with Crippen LogP contribution in [-0.2, 0) is 0 Å². The summed E-state index contributed by atoms with van der Waals surface area (Å²) in [5.74, 6) is 1.99. The van der Waals surface area contributed by atoms with Gasteiger partial charge in [-0.1, -0.05) is 31.4 Å². The van der Waals surface area contributed by atoms with Crippen molar-refractivity contribution < 1.29 is 0 Å². The molecule has 0 aliphatic carbocycles. The maximum atomic E-state index is 5.87. The van der Waals surface area contributed by atoms with Gasteiger partial charge < -0.3 is 4.90 Å². The highest BCUT2D eigenvalue weighted by Crippen LogP contribution is 2.24. The molecule has 2 heterocycles. The van der Waals surface area contributed by atoms with E-state index in [4.69, 9.17) is 11.6 Å². The number of hydrogen-bond acceptors (Lipinski definition) is 2. The van der Waals surface area contributed by atoms with Gasteiger partial charge in [0.2, 0.25) is 0 Å². The van der Waals surface area contributed by atoms with Crippen LogP contribution in [0.15, 0.2) is 18.3 Å². The van der Waals surface area contributed by atoms with Crippen LogP contribution in [-0.4, -0.2) is 18.1 Å². The number of aromatic nitrogens is 1. The van der Waals surface area contributed by atoms with Crippen molar-refractivity contribution in [1.82, 2.24) is 4.98 Å². The third-order valence-corrected chi connectivity index (χ3v) is 3.80. The summed E-state index contributed by atoms with van der Waals surface area (Å²) in [4.78, 5) is 6.80. The number of rotatable bonds is 3. The third-order valence-electron chi connectivity index (χ3n) is 3.58. The monoisotopic (exact) mass is 252 g/mol. The Morgan fingerprint density at radius 2 is 2.24 bits per heavy atom. The minimum Gasteiger partial charge on any atom is -0.357 e. The molecule has 2 nitrogen and oxygen atoms in total. The molecule has 0 spiro atoms. The molecular formula is C14H21ClN2. The van der Waals surface area contributed by atoms with E-state index < -0.39 is 0 Å². The fourth-order valence-corrected chi connectivity index (χ4v) is 2.76. The summed E-state index contributed by atoms with van der Waals surface area (Å²) in [6, 6.07) is 3.96. The summed E-state index contributed by atoms with van der Waals surface area (Å²) in [7, 11) is 0. The summed E-state index contributed by atoms with van der Waals surface area (Å²) in [5.41, 5.74) is 0. The molecule has 1 unspecified atom stereocenters. The second-order valence-electron chi connectivity index (χ2n) is 4.91. The summed E-state index contributed by atoms with van der Waals surface area (Å²) < 4.78 is 0. The van der Waals surface area contributed by atoms with Gasteiger partial charge in [0.15, 0.2) is 0 Å². The normalized spacial score (nSPS) is 21.3. The Labute approximate surface area is 109 Å². The van der Waals surface area contributed by atoms with E-state index in [0.29, 0.717) is 5.02 Å². The van der Waals surface area contributed by atoms with Crippen LogP contribution in [0.5, 0.6) is 0 Å². The topological polar surface area (TPSA) is 16.1 Å². The van der Waals surface area contributed by atoms with Crippen molar-refractivity contribution in [3.63, 3.8) is 0 Å². The van der Waals surface area contributed by atoms with Crippen molar-refractivity contribution >= 4 is 17.4 Å². The van der Waals surface area contributed by atoms with Crippen molar-refractivity contribution in [3.05, 3.63) is 23.4 Å². The lowest BCUT2D eigenvalue weighted by Gasteiger charge is -2.21. The molecule has 1 atom stereocenters. The second kappa shape index (κ2) is 6.25. The zero-order valence-corrected chi connectivity index (χ0v) is 11.3. The molecule has 94 valence electrons. The molecule has 1 aliphatic rings. The minimum atomic E-state index is 0.715. The fraction of sp³-hybridized carbons (Fsp3) is 0.643. The van der Waals surface area contributed by atoms with Crippen molar-refractivity contribution in [3.8, 4) is 0 Å². The number of nitrogens with zero attached hydrogens (tertiary/aromatic N) is 2. The molecular weight excluding hydrogens is 232 g/mol. The Morgan fingerprint density at radius 3 is 2.94 bits per heavy atom. The molecule has 0 amide bonds. The molecule has 0 N–H and O–H groups in total. The zero-order valence-electron chi connectivity index (χ0n) is 10.5. The van der Waals surface area contributed by atoms with Gasteiger partial charge in [-0.05, 0) is 37.3 Å². The summed E-state index contributed by atoms with van der Waals surface area (Å²) in [6.07, 6.45) is 8.39. The molecule has 0 bridgehead atoms. The van der Waals surface area contributed by atoms with Crippen molar-refractivity contribution in [2.24, 2.45) is 5.92 Å². The first kappa shape index (κ1) is 12.7. The molecule has 1 aromatic heterocycles. The second-order valence-corrected chi connectivity index (χ2v) is 5.34. The van der Waals surface area contributed by atoms with Gasteiger partial charge in [-0.3, -0.25) is 0 Å². The van der Waals surface area contributed by atoms with E-state index in [1.807, 2.05) is 12.1 Å². The number of pyridine rings is 1. The van der Waals surface area contributed by atoms with Crippen LogP contribution in [0.3, 0.4) is 0 Å². The van der Waals surface area contributed by atoms with Gasteiger partial charge in [-0.25, -0.2) is 4.98 Å². The largest absolute Gasteiger partial charge is 0.357 e. The highest BCUT2D eigenvalue weighted by atomic mass is 35.5. The van der Waals surface area contributed by atoms with Crippen LogP contribution >= 0.6 is 11.6 Å². The molecule has 2 rings (SSSR count). The van der Waals surface area contributed by atoms with Crippen LogP contribution < -0.4 is 4.90 Å². The van der Waals surface area contributed by atoms with Crippen molar-refractivity contribution in [1.29, 1.82) is 0 Å². The van der Waals surface area contributed by atoms with E-state index in [2.05, 4.69) is 16.8 Å². The maximum Gasteiger partial charge on any atom is 0.128 e. The quantitative estimate of drug-likeness (QED) is 0.804. The van der Waals surface area contributed by atoms with Gasteiger partial charge in [-0.2, -0.15) is 0 Å². The van der Waals surface area contributed by atoms with Gasteiger partial charge >= 0.3 is 0 Å². The number of anilines is 1. The van der Waals surface area contributed by atoms with Crippen LogP contribution in [0.1, 0.15) is 39.0 Å². The molecule has 17 heavy (non-hydrogen) atoms. The van der Waals surface area contributed by atoms with Gasteiger partial charge in [0, 0.05) is 19.3 Å². The Kier molecular flexibility index (Phi) is 4.66. The molecule has 1 fully saturated rings. The highest BCUT2D eigenvalue weighted by Gasteiger charge is 2.17. The molecule has 0 aromatic carbocycles. The molecule has 0 radical (unpaired) electrons. The first-order valence-electron chi connectivity index (χ1n) is 6.66. The Balaban J connectivity index is 1.96. The fourth-order valence-electron chi connectivity index (χ4n) is 2.65. The summed E-state index contributed by atoms with van der Waals surface area (Å²) in [5, 5.41) is 0.715. The molecule has 1 aromatic rings. The SMILES string of the molecule is CCCC1CCCN(c2ccc(Cl)cn2)CC1. The van der Waals surface area contributed by atoms with E-state index in [0.717, 1.165) is 24.8 Å². The molecule has 1 aliphatic heterocycles. The smallest absolute Gasteiger partial charge is 0.128 e. The third kappa shape index (κ3) is 3.60. The van der Waals surface area contributed by atoms with Gasteiger partial charge in [0.25, 0.3) is 0 Å². The Bertz CT molecular complexity index is 337. The summed E-state index contributed by atoms with van der Waals surface area (Å²) in [6.45, 7) is 4.55. The summed E-state index contributed by atoms with van der Waals surface area (Å²) >= 11 is 5.87. The van der Waals surface area contributed by atoms with Crippen molar-refractivity contribution in [2.75, 3.05) is 18.0 Å². The predicted molar refractivity (Wildman–Crippen MR) is 73.7 cm³/mol. The van der Waals surface area contributed by atoms with E-state index >= 15 is 0 Å². The van der Waals surface area contributed by atoms with Crippen LogP contribution in [0.4, 0.5) is 5.82 Å². The van der Waals surface area contributed by atoms with E-state index in [1.165, 1.54) is 32.1 Å². The van der Waals surface area contributed by atoms with Crippen LogP contribution in [0.25, 0.3) is 0 Å². The lowest BCUT2D eigenvalue weighted by atomic mass is 9.96. The number of hydrogen-bond donors (Lipinski definition) is 0. The average molecular weight is 253 g/mol. The predicted octanol–water partition coefficient (Wildman–Crippen LogP) is 4.14. The number of halogens is 1. The van der Waals surface area contributed by atoms with Gasteiger partial charge in [0.05, 0.1) is 5.02 Å². The van der Waals surface area contributed by atoms with Crippen LogP contribution in [0, 0.1) is 5.92 Å². The van der Waals surface area contributed by atoms with Gasteiger partial charge in [0.1, 0.15) is 5.82 Å². The lowest BCUT2D eigenvalue weighted by Crippen LogP contribution is -2.25. The van der Waals surface area contributed by atoms with E-state index in [1.54, 1.807) is 6.20 Å². The first-order chi connectivity index (χ1) is 8.29. The van der Waals surface area contributed by atoms with Crippen LogP contribution in [0.2, 0.25) is 5.02 Å². The van der Waals surface area contributed by atoms with Gasteiger partial charge in [-0.15, -0.1) is 0 Å². The minimum absolute atomic E-state index is 0.715. The highest BCUT2D eigenvalue weighted by molar-refractivity contribution is 6.30. The molecule has 1 saturated heterocycles. The standard InChI is InChI=1S/C14H21ClN2/c1-2-4-12-5-3-9-17(10-8-12)14-7-6-13(15)11-16-14/h6-7,11-12H,2-5,8-10H2,1H3. The Morgan fingerprint density at radius 1 is 1.35 bits per heavy atom. The van der Waals surface area contributed by atoms with E-state index in [9.17, 15) is 0 Å². The lowest BCUT2D eigenvalue weighted by molar-refractivity contribution is 0.435. The zero-order chi connectivity index (χ0) is 12.1. The molecule has 3 heteroatoms.